The SMILES string of the molecule is Cc1cc(C(=O)NC(Cc2ccccc2)C(=O)NC2CC2)cc(S(=O)(=O)N(C)C)c1C. The third-order valence-electron chi connectivity index (χ3n) is 5.47. The zero-order valence-corrected chi connectivity index (χ0v) is 19.1. The van der Waals surface area contributed by atoms with E-state index in [0.717, 1.165) is 22.7 Å². The van der Waals surface area contributed by atoms with Crippen LogP contribution in [-0.2, 0) is 21.2 Å². The van der Waals surface area contributed by atoms with Gasteiger partial charge in [-0.25, -0.2) is 12.7 Å². The van der Waals surface area contributed by atoms with Gasteiger partial charge in [0.1, 0.15) is 6.04 Å². The summed E-state index contributed by atoms with van der Waals surface area (Å²) >= 11 is 0. The molecule has 0 saturated heterocycles. The van der Waals surface area contributed by atoms with Crippen molar-refractivity contribution in [3.05, 3.63) is 64.7 Å². The normalized spacial score (nSPS) is 14.9. The zero-order chi connectivity index (χ0) is 22.8. The molecule has 1 unspecified atom stereocenters. The number of aryl methyl sites for hydroxylation is 1. The Labute approximate surface area is 183 Å². The van der Waals surface area contributed by atoms with E-state index in [1.54, 1.807) is 19.9 Å². The van der Waals surface area contributed by atoms with Gasteiger partial charge in [0.15, 0.2) is 0 Å². The third-order valence-corrected chi connectivity index (χ3v) is 7.41. The lowest BCUT2D eigenvalue weighted by atomic mass is 10.0. The molecule has 166 valence electrons. The molecular weight excluding hydrogens is 414 g/mol. The van der Waals surface area contributed by atoms with Gasteiger partial charge in [0, 0.05) is 32.1 Å². The third kappa shape index (κ3) is 5.51. The summed E-state index contributed by atoms with van der Waals surface area (Å²) in [6, 6.07) is 11.9. The van der Waals surface area contributed by atoms with E-state index >= 15 is 0 Å². The van der Waals surface area contributed by atoms with Crippen LogP contribution in [0.15, 0.2) is 47.4 Å². The molecule has 3 rings (SSSR count). The Kier molecular flexibility index (Phi) is 6.81. The minimum absolute atomic E-state index is 0.0877. The summed E-state index contributed by atoms with van der Waals surface area (Å²) < 4.78 is 26.5. The van der Waals surface area contributed by atoms with Crippen LogP contribution in [0.25, 0.3) is 0 Å². The molecule has 1 aliphatic carbocycles. The van der Waals surface area contributed by atoms with E-state index < -0.39 is 22.0 Å². The van der Waals surface area contributed by atoms with Crippen LogP contribution in [0.4, 0.5) is 0 Å². The molecule has 7 nitrogen and oxygen atoms in total. The quantitative estimate of drug-likeness (QED) is 0.654. The van der Waals surface area contributed by atoms with Gasteiger partial charge >= 0.3 is 0 Å². The van der Waals surface area contributed by atoms with E-state index in [-0.39, 0.29) is 22.4 Å². The number of hydrogen-bond donors (Lipinski definition) is 2. The van der Waals surface area contributed by atoms with E-state index in [1.165, 1.54) is 20.2 Å². The second-order valence-electron chi connectivity index (χ2n) is 8.20. The Balaban J connectivity index is 1.88. The largest absolute Gasteiger partial charge is 0.352 e. The lowest BCUT2D eigenvalue weighted by Gasteiger charge is -2.20. The van der Waals surface area contributed by atoms with Gasteiger partial charge in [-0.2, -0.15) is 0 Å². The maximum absolute atomic E-state index is 13.1. The Hall–Kier alpha value is -2.71. The van der Waals surface area contributed by atoms with Crippen LogP contribution in [0.3, 0.4) is 0 Å². The maximum atomic E-state index is 13.1. The zero-order valence-electron chi connectivity index (χ0n) is 18.3. The van der Waals surface area contributed by atoms with E-state index in [9.17, 15) is 18.0 Å². The number of carbonyl (C=O) groups excluding carboxylic acids is 2. The minimum atomic E-state index is -3.71. The molecule has 8 heteroatoms. The standard InChI is InChI=1S/C23H29N3O4S/c1-15-12-18(14-21(16(15)2)31(29,30)26(3)4)22(27)25-20(23(28)24-19-10-11-19)13-17-8-6-5-7-9-17/h5-9,12,14,19-20H,10-11,13H2,1-4H3,(H,24,28)(H,25,27). The summed E-state index contributed by atoms with van der Waals surface area (Å²) in [6.07, 6.45) is 2.24. The summed E-state index contributed by atoms with van der Waals surface area (Å²) in [5, 5.41) is 5.76. The highest BCUT2D eigenvalue weighted by molar-refractivity contribution is 7.89. The molecule has 0 aliphatic heterocycles. The molecule has 1 saturated carbocycles. The van der Waals surface area contributed by atoms with Crippen LogP contribution in [0.1, 0.15) is 39.9 Å². The number of nitrogens with one attached hydrogen (secondary N) is 2. The van der Waals surface area contributed by atoms with Crippen LogP contribution in [0.2, 0.25) is 0 Å². The fraction of sp³-hybridized carbons (Fsp3) is 0.391. The van der Waals surface area contributed by atoms with Crippen LogP contribution in [0.5, 0.6) is 0 Å². The molecule has 0 spiro atoms. The van der Waals surface area contributed by atoms with Crippen molar-refractivity contribution >= 4 is 21.8 Å². The number of nitrogens with zero attached hydrogens (tertiary/aromatic N) is 1. The second kappa shape index (κ2) is 9.20. The summed E-state index contributed by atoms with van der Waals surface area (Å²) in [5.41, 5.74) is 2.42. The van der Waals surface area contributed by atoms with Crippen molar-refractivity contribution in [3.8, 4) is 0 Å². The fourth-order valence-corrected chi connectivity index (χ4v) is 4.47. The van der Waals surface area contributed by atoms with Crippen molar-refractivity contribution in [1.82, 2.24) is 14.9 Å². The van der Waals surface area contributed by atoms with Gasteiger partial charge < -0.3 is 10.6 Å². The number of amides is 2. The highest BCUT2D eigenvalue weighted by Crippen LogP contribution is 2.24. The van der Waals surface area contributed by atoms with Gasteiger partial charge in [-0.3, -0.25) is 9.59 Å². The minimum Gasteiger partial charge on any atom is -0.352 e. The number of hydrogen-bond acceptors (Lipinski definition) is 4. The molecule has 0 bridgehead atoms. The smallest absolute Gasteiger partial charge is 0.251 e. The molecule has 2 aromatic carbocycles. The molecule has 0 heterocycles. The van der Waals surface area contributed by atoms with E-state index in [4.69, 9.17) is 0 Å². The Bertz CT molecular complexity index is 1080. The van der Waals surface area contributed by atoms with Crippen LogP contribution < -0.4 is 10.6 Å². The first-order valence-electron chi connectivity index (χ1n) is 10.3. The molecule has 31 heavy (non-hydrogen) atoms. The van der Waals surface area contributed by atoms with E-state index in [2.05, 4.69) is 10.6 Å². The van der Waals surface area contributed by atoms with Crippen molar-refractivity contribution in [2.75, 3.05) is 14.1 Å². The predicted molar refractivity (Wildman–Crippen MR) is 119 cm³/mol. The summed E-state index contributed by atoms with van der Waals surface area (Å²) in [6.45, 7) is 3.48. The van der Waals surface area contributed by atoms with Crippen molar-refractivity contribution < 1.29 is 18.0 Å². The molecule has 1 fully saturated rings. The summed E-state index contributed by atoms with van der Waals surface area (Å²) in [4.78, 5) is 25.9. The van der Waals surface area contributed by atoms with Gasteiger partial charge in [-0.1, -0.05) is 30.3 Å². The molecule has 2 aromatic rings. The van der Waals surface area contributed by atoms with Crippen LogP contribution in [0, 0.1) is 13.8 Å². The summed E-state index contributed by atoms with van der Waals surface area (Å²) in [7, 11) is -0.806. The molecule has 1 atom stereocenters. The number of benzene rings is 2. The number of carbonyl (C=O) groups is 2. The lowest BCUT2D eigenvalue weighted by Crippen LogP contribution is -2.48. The number of sulfonamides is 1. The Morgan fingerprint density at radius 2 is 1.74 bits per heavy atom. The Morgan fingerprint density at radius 1 is 1.10 bits per heavy atom. The van der Waals surface area contributed by atoms with Crippen molar-refractivity contribution in [2.24, 2.45) is 0 Å². The first kappa shape index (κ1) is 23.0. The first-order chi connectivity index (χ1) is 14.6. The molecule has 2 amide bonds. The highest BCUT2D eigenvalue weighted by Gasteiger charge is 2.29. The molecule has 0 aromatic heterocycles. The van der Waals surface area contributed by atoms with Gasteiger partial charge in [-0.05, 0) is 55.5 Å². The second-order valence-corrected chi connectivity index (χ2v) is 10.3. The first-order valence-corrected chi connectivity index (χ1v) is 11.7. The average Bonchev–Trinajstić information content (AvgIpc) is 3.53. The Morgan fingerprint density at radius 3 is 2.32 bits per heavy atom. The molecule has 1 aliphatic rings. The fourth-order valence-electron chi connectivity index (χ4n) is 3.25. The molecular formula is C23H29N3O4S. The van der Waals surface area contributed by atoms with Gasteiger partial charge in [-0.15, -0.1) is 0 Å². The van der Waals surface area contributed by atoms with Crippen molar-refractivity contribution in [1.29, 1.82) is 0 Å². The monoisotopic (exact) mass is 443 g/mol. The summed E-state index contributed by atoms with van der Waals surface area (Å²) in [5.74, 6) is -0.713. The maximum Gasteiger partial charge on any atom is 0.251 e. The molecule has 0 radical (unpaired) electrons. The van der Waals surface area contributed by atoms with E-state index in [0.29, 0.717) is 17.5 Å². The molecule has 2 N–H and O–H groups in total. The van der Waals surface area contributed by atoms with Crippen molar-refractivity contribution in [3.63, 3.8) is 0 Å². The number of rotatable bonds is 8. The van der Waals surface area contributed by atoms with E-state index in [1.807, 2.05) is 30.3 Å². The van der Waals surface area contributed by atoms with Gasteiger partial charge in [0.25, 0.3) is 5.91 Å². The van der Waals surface area contributed by atoms with Crippen LogP contribution in [-0.4, -0.2) is 50.7 Å². The lowest BCUT2D eigenvalue weighted by molar-refractivity contribution is -0.123. The van der Waals surface area contributed by atoms with Crippen LogP contribution >= 0.6 is 0 Å². The van der Waals surface area contributed by atoms with Crippen molar-refractivity contribution in [2.45, 2.75) is 50.1 Å². The topological polar surface area (TPSA) is 95.6 Å². The van der Waals surface area contributed by atoms with Gasteiger partial charge in [0.2, 0.25) is 15.9 Å². The average molecular weight is 444 g/mol. The van der Waals surface area contributed by atoms with Gasteiger partial charge in [0.05, 0.1) is 4.90 Å². The highest BCUT2D eigenvalue weighted by atomic mass is 32.2. The predicted octanol–water partition coefficient (Wildman–Crippen LogP) is 2.17.